The smallest absolute Gasteiger partial charge is 0.327 e. The first-order chi connectivity index (χ1) is 7.74. The molecule has 9 heteroatoms. The van der Waals surface area contributed by atoms with Crippen molar-refractivity contribution >= 4 is 37.9 Å². The Morgan fingerprint density at radius 3 is 2.53 bits per heavy atom. The van der Waals surface area contributed by atoms with Gasteiger partial charge in [-0.05, 0) is 5.92 Å². The van der Waals surface area contributed by atoms with Gasteiger partial charge in [-0.3, -0.25) is 9.35 Å². The number of halogens is 1. The van der Waals surface area contributed by atoms with Crippen LogP contribution >= 0.6 is 15.9 Å². The number of hydrogen-bond acceptors (Lipinski definition) is 4. The van der Waals surface area contributed by atoms with Gasteiger partial charge in [0.2, 0.25) is 5.91 Å². The van der Waals surface area contributed by atoms with Crippen molar-refractivity contribution in [1.29, 1.82) is 0 Å². The van der Waals surface area contributed by atoms with Crippen molar-refractivity contribution in [1.82, 2.24) is 4.90 Å². The Morgan fingerprint density at radius 1 is 1.59 bits per heavy atom. The minimum absolute atomic E-state index is 0.0363. The van der Waals surface area contributed by atoms with Crippen molar-refractivity contribution in [3.8, 4) is 0 Å². The van der Waals surface area contributed by atoms with Crippen LogP contribution in [-0.4, -0.2) is 58.5 Å². The Kier molecular flexibility index (Phi) is 4.50. The molecule has 1 fully saturated rings. The molecule has 2 unspecified atom stereocenters. The SMILES string of the molecule is O=C(O)C(CS(=O)(=O)O)N1CC(CBr)CC1=O. The molecule has 1 aliphatic rings. The molecule has 0 aromatic heterocycles. The maximum Gasteiger partial charge on any atom is 0.327 e. The lowest BCUT2D eigenvalue weighted by molar-refractivity contribution is -0.147. The first kappa shape index (κ1) is 14.4. The lowest BCUT2D eigenvalue weighted by Crippen LogP contribution is -2.46. The largest absolute Gasteiger partial charge is 0.480 e. The van der Waals surface area contributed by atoms with Crippen LogP contribution in [0.4, 0.5) is 0 Å². The average Bonchev–Trinajstić information content (AvgIpc) is 2.54. The van der Waals surface area contributed by atoms with Crippen LogP contribution in [-0.2, 0) is 19.7 Å². The number of carboxylic acid groups (broad SMARTS) is 1. The molecule has 1 saturated heterocycles. The van der Waals surface area contributed by atoms with Gasteiger partial charge in [0.15, 0.2) is 0 Å². The molecule has 17 heavy (non-hydrogen) atoms. The number of aliphatic carboxylic acids is 1. The fourth-order valence-electron chi connectivity index (χ4n) is 1.71. The minimum atomic E-state index is -4.44. The number of carbonyl (C=O) groups is 2. The van der Waals surface area contributed by atoms with E-state index in [-0.39, 0.29) is 18.9 Å². The summed E-state index contributed by atoms with van der Waals surface area (Å²) in [5.41, 5.74) is 0. The maximum atomic E-state index is 11.5. The van der Waals surface area contributed by atoms with E-state index in [1.807, 2.05) is 0 Å². The summed E-state index contributed by atoms with van der Waals surface area (Å²) in [5.74, 6) is -2.87. The Bertz CT molecular complexity index is 422. The van der Waals surface area contributed by atoms with Crippen LogP contribution in [0.2, 0.25) is 0 Å². The number of likely N-dealkylation sites (tertiary alicyclic amines) is 1. The molecule has 0 radical (unpaired) electrons. The molecule has 98 valence electrons. The first-order valence-electron chi connectivity index (χ1n) is 4.78. The first-order valence-corrected chi connectivity index (χ1v) is 7.51. The molecular formula is C8H12BrNO6S. The van der Waals surface area contributed by atoms with Gasteiger partial charge in [-0.15, -0.1) is 0 Å². The Balaban J connectivity index is 2.86. The fourth-order valence-corrected chi connectivity index (χ4v) is 2.86. The third-order valence-electron chi connectivity index (χ3n) is 2.49. The number of hydrogen-bond donors (Lipinski definition) is 2. The van der Waals surface area contributed by atoms with E-state index in [0.717, 1.165) is 4.90 Å². The zero-order valence-electron chi connectivity index (χ0n) is 8.74. The molecule has 1 heterocycles. The highest BCUT2D eigenvalue weighted by Crippen LogP contribution is 2.22. The highest BCUT2D eigenvalue weighted by atomic mass is 79.9. The molecule has 0 spiro atoms. The Morgan fingerprint density at radius 2 is 2.18 bits per heavy atom. The van der Waals surface area contributed by atoms with Gasteiger partial charge in [0, 0.05) is 18.3 Å². The van der Waals surface area contributed by atoms with Crippen LogP contribution < -0.4 is 0 Å². The highest BCUT2D eigenvalue weighted by Gasteiger charge is 2.39. The quantitative estimate of drug-likeness (QED) is 0.523. The van der Waals surface area contributed by atoms with Crippen LogP contribution in [0.15, 0.2) is 0 Å². The van der Waals surface area contributed by atoms with Gasteiger partial charge in [-0.25, -0.2) is 4.79 Å². The fraction of sp³-hybridized carbons (Fsp3) is 0.750. The molecule has 0 saturated carbocycles. The molecular weight excluding hydrogens is 318 g/mol. The number of nitrogens with zero attached hydrogens (tertiary/aromatic N) is 1. The zero-order valence-corrected chi connectivity index (χ0v) is 11.1. The maximum absolute atomic E-state index is 11.5. The predicted octanol–water partition coefficient (Wildman–Crippen LogP) is -0.429. The second-order valence-corrected chi connectivity index (χ2v) is 6.02. The Labute approximate surface area is 107 Å². The van der Waals surface area contributed by atoms with Gasteiger partial charge in [0.1, 0.15) is 11.8 Å². The molecule has 0 aromatic rings. The van der Waals surface area contributed by atoms with E-state index in [9.17, 15) is 18.0 Å². The van der Waals surface area contributed by atoms with Crippen molar-refractivity contribution < 1.29 is 27.7 Å². The summed E-state index contributed by atoms with van der Waals surface area (Å²) in [6.45, 7) is 0.177. The van der Waals surface area contributed by atoms with E-state index < -0.39 is 33.8 Å². The van der Waals surface area contributed by atoms with Gasteiger partial charge < -0.3 is 10.0 Å². The summed E-state index contributed by atoms with van der Waals surface area (Å²) in [6, 6.07) is -1.53. The van der Waals surface area contributed by atoms with Crippen LogP contribution in [0.5, 0.6) is 0 Å². The molecule has 7 nitrogen and oxygen atoms in total. The lowest BCUT2D eigenvalue weighted by Gasteiger charge is -2.23. The molecule has 1 amide bonds. The summed E-state index contributed by atoms with van der Waals surface area (Å²) in [7, 11) is -4.44. The second-order valence-electron chi connectivity index (χ2n) is 3.87. The zero-order chi connectivity index (χ0) is 13.2. The standard InChI is InChI=1S/C8H12BrNO6S/c9-2-5-1-7(11)10(3-5)6(8(12)13)4-17(14,15)16/h5-6H,1-4H2,(H,12,13)(H,14,15,16). The van der Waals surface area contributed by atoms with Crippen molar-refractivity contribution in [2.75, 3.05) is 17.6 Å². The number of carbonyl (C=O) groups excluding carboxylic acids is 1. The van der Waals surface area contributed by atoms with E-state index in [0.29, 0.717) is 5.33 Å². The molecule has 0 aliphatic carbocycles. The molecule has 0 aromatic carbocycles. The monoisotopic (exact) mass is 329 g/mol. The van der Waals surface area contributed by atoms with E-state index in [2.05, 4.69) is 15.9 Å². The van der Waals surface area contributed by atoms with Gasteiger partial charge in [0.05, 0.1) is 0 Å². The van der Waals surface area contributed by atoms with Crippen LogP contribution in [0.25, 0.3) is 0 Å². The third-order valence-corrected chi connectivity index (χ3v) is 4.14. The number of rotatable bonds is 5. The van der Waals surface area contributed by atoms with Gasteiger partial charge >= 0.3 is 5.97 Å². The molecule has 1 aliphatic heterocycles. The summed E-state index contributed by atoms with van der Waals surface area (Å²) in [4.78, 5) is 23.5. The van der Waals surface area contributed by atoms with Crippen LogP contribution in [0.1, 0.15) is 6.42 Å². The topological polar surface area (TPSA) is 112 Å². The highest BCUT2D eigenvalue weighted by molar-refractivity contribution is 9.09. The molecule has 0 bridgehead atoms. The van der Waals surface area contributed by atoms with Crippen molar-refractivity contribution in [3.05, 3.63) is 0 Å². The van der Waals surface area contributed by atoms with E-state index >= 15 is 0 Å². The van der Waals surface area contributed by atoms with E-state index in [1.165, 1.54) is 0 Å². The minimum Gasteiger partial charge on any atom is -0.480 e. The summed E-state index contributed by atoms with van der Waals surface area (Å²) < 4.78 is 30.1. The van der Waals surface area contributed by atoms with Crippen LogP contribution in [0, 0.1) is 5.92 Å². The average molecular weight is 330 g/mol. The Hall–Kier alpha value is -0.670. The normalized spacial score (nSPS) is 22.8. The predicted molar refractivity (Wildman–Crippen MR) is 61.5 cm³/mol. The summed E-state index contributed by atoms with van der Waals surface area (Å²) >= 11 is 3.18. The molecule has 2 N–H and O–H groups in total. The van der Waals surface area contributed by atoms with Gasteiger partial charge in [-0.2, -0.15) is 8.42 Å². The number of amides is 1. The van der Waals surface area contributed by atoms with Gasteiger partial charge in [-0.1, -0.05) is 15.9 Å². The van der Waals surface area contributed by atoms with E-state index in [1.54, 1.807) is 0 Å². The van der Waals surface area contributed by atoms with Crippen molar-refractivity contribution in [2.45, 2.75) is 12.5 Å². The molecule has 2 atom stereocenters. The van der Waals surface area contributed by atoms with E-state index in [4.69, 9.17) is 9.66 Å². The van der Waals surface area contributed by atoms with Crippen molar-refractivity contribution in [2.24, 2.45) is 5.92 Å². The third kappa shape index (κ3) is 3.93. The lowest BCUT2D eigenvalue weighted by atomic mass is 10.2. The summed E-state index contributed by atoms with van der Waals surface area (Å²) in [6.07, 6.45) is 0.181. The van der Waals surface area contributed by atoms with Crippen LogP contribution in [0.3, 0.4) is 0 Å². The molecule has 1 rings (SSSR count). The van der Waals surface area contributed by atoms with Gasteiger partial charge in [0.25, 0.3) is 10.1 Å². The second kappa shape index (κ2) is 5.32. The number of alkyl halides is 1. The van der Waals surface area contributed by atoms with Crippen molar-refractivity contribution in [3.63, 3.8) is 0 Å². The summed E-state index contributed by atoms with van der Waals surface area (Å²) in [5, 5.41) is 9.43. The number of carboxylic acids is 1.